The normalized spacial score (nSPS) is 10.0. The molecular formula is C10H7N3O4S. The second kappa shape index (κ2) is 4.80. The molecule has 18 heavy (non-hydrogen) atoms. The van der Waals surface area contributed by atoms with Crippen LogP contribution in [0.2, 0.25) is 0 Å². The average Bonchev–Trinajstić information content (AvgIpc) is 2.33. The quantitative estimate of drug-likeness (QED) is 0.819. The first-order valence-electron chi connectivity index (χ1n) is 4.81. The van der Waals surface area contributed by atoms with Crippen LogP contribution in [-0.4, -0.2) is 18.4 Å². The largest absolute Gasteiger partial charge is 0.326 e. The summed E-state index contributed by atoms with van der Waals surface area (Å²) >= 11 is 0. The Labute approximate surface area is 102 Å². The number of rotatable bonds is 2. The molecule has 7 nitrogen and oxygen atoms in total. The van der Waals surface area contributed by atoms with E-state index in [4.69, 9.17) is 0 Å². The predicted molar refractivity (Wildman–Crippen MR) is 64.1 cm³/mol. The molecule has 1 heterocycles. The number of benzene rings is 1. The van der Waals surface area contributed by atoms with Crippen LogP contribution < -0.4 is 11.2 Å². The van der Waals surface area contributed by atoms with Gasteiger partial charge in [-0.05, 0) is 0 Å². The third-order valence-corrected chi connectivity index (χ3v) is 2.48. The van der Waals surface area contributed by atoms with Gasteiger partial charge in [-0.15, -0.1) is 4.36 Å². The number of nitrogens with one attached hydrogen (secondary N) is 2. The molecule has 0 unspecified atom stereocenters. The van der Waals surface area contributed by atoms with Crippen LogP contribution in [0.5, 0.6) is 0 Å². The van der Waals surface area contributed by atoms with Crippen LogP contribution in [0, 0.1) is 0 Å². The second-order valence-electron chi connectivity index (χ2n) is 3.31. The Bertz CT molecular complexity index is 810. The van der Waals surface area contributed by atoms with Crippen LogP contribution in [0.4, 0.5) is 5.69 Å². The highest BCUT2D eigenvalue weighted by molar-refractivity contribution is 7.61. The molecule has 92 valence electrons. The van der Waals surface area contributed by atoms with Gasteiger partial charge in [-0.1, -0.05) is 30.3 Å². The first-order valence-corrected chi connectivity index (χ1v) is 5.84. The molecule has 8 heteroatoms. The fraction of sp³-hybridized carbons (Fsp3) is 0. The highest BCUT2D eigenvalue weighted by Gasteiger charge is 2.10. The van der Waals surface area contributed by atoms with Crippen molar-refractivity contribution in [1.82, 2.24) is 9.97 Å². The first kappa shape index (κ1) is 12.0. The summed E-state index contributed by atoms with van der Waals surface area (Å²) in [5.74, 6) is 0. The molecule has 0 atom stereocenters. The van der Waals surface area contributed by atoms with E-state index in [1.165, 1.54) is 0 Å². The van der Waals surface area contributed by atoms with E-state index in [2.05, 4.69) is 9.35 Å². The van der Waals surface area contributed by atoms with Crippen molar-refractivity contribution in [2.75, 3.05) is 0 Å². The summed E-state index contributed by atoms with van der Waals surface area (Å²) in [5.41, 5.74) is -1.39. The molecule has 0 aliphatic heterocycles. The highest BCUT2D eigenvalue weighted by Crippen LogP contribution is 2.22. The zero-order valence-electron chi connectivity index (χ0n) is 8.88. The monoisotopic (exact) mass is 265 g/mol. The molecule has 0 spiro atoms. The summed E-state index contributed by atoms with van der Waals surface area (Å²) < 4.78 is 24.3. The summed E-state index contributed by atoms with van der Waals surface area (Å²) in [6.07, 6.45) is 0. The topological polar surface area (TPSA) is 112 Å². The average molecular weight is 265 g/mol. The van der Waals surface area contributed by atoms with E-state index in [9.17, 15) is 18.0 Å². The lowest BCUT2D eigenvalue weighted by atomic mass is 10.1. The predicted octanol–water partition coefficient (Wildman–Crippen LogP) is 0.424. The van der Waals surface area contributed by atoms with Crippen molar-refractivity contribution >= 4 is 16.2 Å². The molecule has 0 saturated carbocycles. The van der Waals surface area contributed by atoms with Gasteiger partial charge in [0.2, 0.25) is 0 Å². The number of hydrogen-bond donors (Lipinski definition) is 2. The maximum Gasteiger partial charge on any atom is 0.326 e. The first-order chi connectivity index (χ1) is 8.58. The van der Waals surface area contributed by atoms with Gasteiger partial charge >= 0.3 is 16.2 Å². The van der Waals surface area contributed by atoms with E-state index >= 15 is 0 Å². The molecular weight excluding hydrogens is 258 g/mol. The molecule has 0 radical (unpaired) electrons. The highest BCUT2D eigenvalue weighted by atomic mass is 32.2. The zero-order chi connectivity index (χ0) is 13.1. The fourth-order valence-electron chi connectivity index (χ4n) is 1.46. The van der Waals surface area contributed by atoms with Crippen LogP contribution in [-0.2, 0) is 10.5 Å². The molecule has 0 saturated heterocycles. The van der Waals surface area contributed by atoms with Crippen LogP contribution in [0.3, 0.4) is 0 Å². The smallest absolute Gasteiger partial charge is 0.305 e. The van der Waals surface area contributed by atoms with Gasteiger partial charge in [0.15, 0.2) is 5.69 Å². The van der Waals surface area contributed by atoms with Gasteiger partial charge < -0.3 is 4.98 Å². The number of H-pyrrole nitrogens is 2. The number of aromatic nitrogens is 2. The van der Waals surface area contributed by atoms with E-state index in [1.807, 2.05) is 4.98 Å². The Morgan fingerprint density at radius 3 is 2.28 bits per heavy atom. The Morgan fingerprint density at radius 1 is 1.00 bits per heavy atom. The van der Waals surface area contributed by atoms with E-state index < -0.39 is 21.7 Å². The Balaban J connectivity index is 2.86. The third kappa shape index (κ3) is 2.43. The van der Waals surface area contributed by atoms with Gasteiger partial charge in [0, 0.05) is 5.56 Å². The van der Waals surface area contributed by atoms with Gasteiger partial charge in [0.25, 0.3) is 5.56 Å². The minimum Gasteiger partial charge on any atom is -0.305 e. The van der Waals surface area contributed by atoms with E-state index in [-0.39, 0.29) is 11.4 Å². The van der Waals surface area contributed by atoms with Crippen molar-refractivity contribution in [3.8, 4) is 11.3 Å². The van der Waals surface area contributed by atoms with E-state index in [0.717, 1.165) is 0 Å². The van der Waals surface area contributed by atoms with Crippen LogP contribution in [0.1, 0.15) is 0 Å². The third-order valence-electron chi connectivity index (χ3n) is 2.15. The van der Waals surface area contributed by atoms with Crippen molar-refractivity contribution in [2.24, 2.45) is 4.36 Å². The molecule has 2 rings (SSSR count). The van der Waals surface area contributed by atoms with Gasteiger partial charge in [-0.3, -0.25) is 9.78 Å². The molecule has 1 aromatic heterocycles. The summed E-state index contributed by atoms with van der Waals surface area (Å²) in [7, 11) is -2.78. The molecule has 2 aromatic rings. The van der Waals surface area contributed by atoms with E-state index in [1.54, 1.807) is 30.3 Å². The van der Waals surface area contributed by atoms with Crippen molar-refractivity contribution in [1.29, 1.82) is 0 Å². The van der Waals surface area contributed by atoms with Crippen LogP contribution >= 0.6 is 0 Å². The summed E-state index contributed by atoms with van der Waals surface area (Å²) in [5, 5.41) is 0. The van der Waals surface area contributed by atoms with E-state index in [0.29, 0.717) is 5.56 Å². The van der Waals surface area contributed by atoms with Crippen molar-refractivity contribution in [2.45, 2.75) is 0 Å². The number of aromatic amines is 2. The maximum atomic E-state index is 11.5. The lowest BCUT2D eigenvalue weighted by Crippen LogP contribution is -2.22. The summed E-state index contributed by atoms with van der Waals surface area (Å²) in [6.45, 7) is 0. The van der Waals surface area contributed by atoms with Crippen LogP contribution in [0.25, 0.3) is 11.3 Å². The van der Waals surface area contributed by atoms with Crippen molar-refractivity contribution in [3.05, 3.63) is 51.2 Å². The van der Waals surface area contributed by atoms with Crippen molar-refractivity contribution in [3.63, 3.8) is 0 Å². The van der Waals surface area contributed by atoms with Gasteiger partial charge in [0.05, 0.1) is 5.69 Å². The molecule has 2 N–H and O–H groups in total. The second-order valence-corrected chi connectivity index (χ2v) is 3.92. The standard InChI is InChI=1S/C10H7N3O4S/c14-9-8(13-18(16)17)7(11-10(15)12-9)6-4-2-1-3-5-6/h1-5H,(H2,11,12,14,15). The maximum absolute atomic E-state index is 11.5. The van der Waals surface area contributed by atoms with Crippen LogP contribution in [0.15, 0.2) is 44.3 Å². The molecule has 0 aliphatic rings. The van der Waals surface area contributed by atoms with Gasteiger partial charge in [-0.2, -0.15) is 8.42 Å². The summed E-state index contributed by atoms with van der Waals surface area (Å²) in [6, 6.07) is 8.37. The zero-order valence-corrected chi connectivity index (χ0v) is 9.69. The lowest BCUT2D eigenvalue weighted by molar-refractivity contribution is 0.622. The molecule has 0 fully saturated rings. The van der Waals surface area contributed by atoms with Gasteiger partial charge in [0.1, 0.15) is 0 Å². The van der Waals surface area contributed by atoms with Gasteiger partial charge in [-0.25, -0.2) is 4.79 Å². The summed E-state index contributed by atoms with van der Waals surface area (Å²) in [4.78, 5) is 27.0. The SMILES string of the molecule is O=c1[nH]c(-c2ccccc2)c(N=S(=O)=O)c(=O)[nH]1. The fourth-order valence-corrected chi connectivity index (χ4v) is 1.78. The molecule has 0 bridgehead atoms. The molecule has 0 amide bonds. The molecule has 1 aromatic carbocycles. The number of hydrogen-bond acceptors (Lipinski definition) is 5. The minimum atomic E-state index is -2.78. The van der Waals surface area contributed by atoms with Crippen molar-refractivity contribution < 1.29 is 8.42 Å². The number of nitrogens with zero attached hydrogens (tertiary/aromatic N) is 1. The Hall–Kier alpha value is -2.48. The minimum absolute atomic E-state index is 0.0635. The Kier molecular flexibility index (Phi) is 3.20. The Morgan fingerprint density at radius 2 is 1.67 bits per heavy atom. The molecule has 0 aliphatic carbocycles. The lowest BCUT2D eigenvalue weighted by Gasteiger charge is -2.02.